The number of amides is 1. The second-order valence-corrected chi connectivity index (χ2v) is 7.11. The number of methoxy groups -OCH3 is 1. The molecule has 5 heteroatoms. The summed E-state index contributed by atoms with van der Waals surface area (Å²) in [7, 11) is 1.63. The highest BCUT2D eigenvalue weighted by Crippen LogP contribution is 2.25. The third-order valence-electron chi connectivity index (χ3n) is 3.10. The average Bonchev–Trinajstić information content (AvgIpc) is 2.54. The van der Waals surface area contributed by atoms with Crippen LogP contribution in [0.1, 0.15) is 12.5 Å². The van der Waals surface area contributed by atoms with Crippen LogP contribution in [-0.2, 0) is 11.3 Å². The van der Waals surface area contributed by atoms with Gasteiger partial charge in [0.05, 0.1) is 12.4 Å². The van der Waals surface area contributed by atoms with E-state index in [0.29, 0.717) is 6.54 Å². The summed E-state index contributed by atoms with van der Waals surface area (Å²) in [6, 6.07) is 15.6. The van der Waals surface area contributed by atoms with Crippen molar-refractivity contribution in [1.82, 2.24) is 5.32 Å². The lowest BCUT2D eigenvalue weighted by Crippen LogP contribution is -2.30. The molecule has 1 unspecified atom stereocenters. The van der Waals surface area contributed by atoms with E-state index in [-0.39, 0.29) is 11.2 Å². The normalized spacial score (nSPS) is 11.8. The van der Waals surface area contributed by atoms with Crippen LogP contribution in [0.15, 0.2) is 57.9 Å². The summed E-state index contributed by atoms with van der Waals surface area (Å²) in [6.45, 7) is 2.41. The van der Waals surface area contributed by atoms with E-state index in [2.05, 4.69) is 21.2 Å². The lowest BCUT2D eigenvalue weighted by Gasteiger charge is -2.12. The Hall–Kier alpha value is -1.46. The van der Waals surface area contributed by atoms with Gasteiger partial charge in [0.2, 0.25) is 5.91 Å². The molecule has 0 heterocycles. The maximum Gasteiger partial charge on any atom is 0.233 e. The number of halogens is 1. The first kappa shape index (κ1) is 16.9. The van der Waals surface area contributed by atoms with E-state index < -0.39 is 0 Å². The van der Waals surface area contributed by atoms with E-state index in [1.807, 2.05) is 55.5 Å². The van der Waals surface area contributed by atoms with Crippen LogP contribution in [0.4, 0.5) is 0 Å². The highest BCUT2D eigenvalue weighted by Gasteiger charge is 2.14. The summed E-state index contributed by atoms with van der Waals surface area (Å²) in [5.41, 5.74) is 1.02. The number of benzene rings is 2. The van der Waals surface area contributed by atoms with Crippen LogP contribution in [0.2, 0.25) is 0 Å². The molecule has 0 fully saturated rings. The van der Waals surface area contributed by atoms with Gasteiger partial charge in [0, 0.05) is 15.9 Å². The van der Waals surface area contributed by atoms with Crippen molar-refractivity contribution in [2.24, 2.45) is 0 Å². The first-order valence-corrected chi connectivity index (χ1v) is 8.58. The van der Waals surface area contributed by atoms with Crippen LogP contribution >= 0.6 is 27.7 Å². The molecule has 1 atom stereocenters. The Morgan fingerprint density at radius 2 is 2.00 bits per heavy atom. The molecule has 0 bridgehead atoms. The molecule has 2 aromatic rings. The third-order valence-corrected chi connectivity index (χ3v) is 4.74. The van der Waals surface area contributed by atoms with E-state index in [1.54, 1.807) is 18.9 Å². The Balaban J connectivity index is 1.86. The van der Waals surface area contributed by atoms with E-state index in [9.17, 15) is 4.79 Å². The summed E-state index contributed by atoms with van der Waals surface area (Å²) in [5.74, 6) is 0.819. The number of nitrogens with one attached hydrogen (secondary N) is 1. The third kappa shape index (κ3) is 5.07. The molecule has 0 aromatic heterocycles. The fourth-order valence-corrected chi connectivity index (χ4v) is 3.04. The van der Waals surface area contributed by atoms with Gasteiger partial charge in [-0.15, -0.1) is 11.8 Å². The van der Waals surface area contributed by atoms with E-state index >= 15 is 0 Å². The van der Waals surface area contributed by atoms with Gasteiger partial charge in [0.1, 0.15) is 5.75 Å². The molecule has 116 valence electrons. The topological polar surface area (TPSA) is 38.3 Å². The summed E-state index contributed by atoms with van der Waals surface area (Å²) >= 11 is 4.95. The Morgan fingerprint density at radius 3 is 2.68 bits per heavy atom. The quantitative estimate of drug-likeness (QED) is 0.762. The van der Waals surface area contributed by atoms with Crippen LogP contribution in [0.3, 0.4) is 0 Å². The minimum atomic E-state index is -0.146. The number of carbonyl (C=O) groups is 1. The SMILES string of the molecule is COc1cccc(CNC(=O)C(C)Sc2ccc(Br)cc2)c1. The summed E-state index contributed by atoms with van der Waals surface area (Å²) in [5, 5.41) is 2.81. The molecule has 0 saturated heterocycles. The molecule has 22 heavy (non-hydrogen) atoms. The zero-order valence-electron chi connectivity index (χ0n) is 12.5. The van der Waals surface area contributed by atoms with Crippen LogP contribution in [0.5, 0.6) is 5.75 Å². The van der Waals surface area contributed by atoms with E-state index in [1.165, 1.54) is 0 Å². The number of hydrogen-bond acceptors (Lipinski definition) is 3. The smallest absolute Gasteiger partial charge is 0.233 e. The van der Waals surface area contributed by atoms with Crippen molar-refractivity contribution in [3.63, 3.8) is 0 Å². The molecule has 0 saturated carbocycles. The molecule has 0 spiro atoms. The average molecular weight is 380 g/mol. The predicted molar refractivity (Wildman–Crippen MR) is 94.3 cm³/mol. The number of thioether (sulfide) groups is 1. The fraction of sp³-hybridized carbons (Fsp3) is 0.235. The predicted octanol–water partition coefficient (Wildman–Crippen LogP) is 4.25. The van der Waals surface area contributed by atoms with Gasteiger partial charge in [-0.3, -0.25) is 4.79 Å². The van der Waals surface area contributed by atoms with Crippen LogP contribution in [0, 0.1) is 0 Å². The van der Waals surface area contributed by atoms with Crippen LogP contribution in [0.25, 0.3) is 0 Å². The van der Waals surface area contributed by atoms with Gasteiger partial charge in [0.15, 0.2) is 0 Å². The van der Waals surface area contributed by atoms with Crippen molar-refractivity contribution < 1.29 is 9.53 Å². The van der Waals surface area contributed by atoms with E-state index in [0.717, 1.165) is 20.7 Å². The minimum absolute atomic E-state index is 0.0238. The molecule has 2 aromatic carbocycles. The van der Waals surface area contributed by atoms with Crippen LogP contribution < -0.4 is 10.1 Å². The molecule has 0 aliphatic rings. The van der Waals surface area contributed by atoms with Crippen molar-refractivity contribution >= 4 is 33.6 Å². The lowest BCUT2D eigenvalue weighted by atomic mass is 10.2. The van der Waals surface area contributed by atoms with Gasteiger partial charge in [-0.25, -0.2) is 0 Å². The van der Waals surface area contributed by atoms with E-state index in [4.69, 9.17) is 4.74 Å². The molecular weight excluding hydrogens is 362 g/mol. The maximum absolute atomic E-state index is 12.2. The number of carbonyl (C=O) groups excluding carboxylic acids is 1. The molecule has 0 aliphatic carbocycles. The van der Waals surface area contributed by atoms with Crippen molar-refractivity contribution in [3.05, 3.63) is 58.6 Å². The maximum atomic E-state index is 12.2. The van der Waals surface area contributed by atoms with Gasteiger partial charge in [-0.2, -0.15) is 0 Å². The van der Waals surface area contributed by atoms with Gasteiger partial charge in [-0.1, -0.05) is 28.1 Å². The molecule has 2 rings (SSSR count). The van der Waals surface area contributed by atoms with Gasteiger partial charge in [0.25, 0.3) is 0 Å². The van der Waals surface area contributed by atoms with Gasteiger partial charge in [-0.05, 0) is 48.9 Å². The highest BCUT2D eigenvalue weighted by molar-refractivity contribution is 9.10. The number of ether oxygens (including phenoxy) is 1. The highest BCUT2D eigenvalue weighted by atomic mass is 79.9. The monoisotopic (exact) mass is 379 g/mol. The summed E-state index contributed by atoms with van der Waals surface area (Å²) in [4.78, 5) is 13.2. The first-order chi connectivity index (χ1) is 10.6. The molecule has 0 radical (unpaired) electrons. The van der Waals surface area contributed by atoms with Crippen molar-refractivity contribution in [2.75, 3.05) is 7.11 Å². The molecular formula is C17H18BrNO2S. The summed E-state index contributed by atoms with van der Waals surface area (Å²) < 4.78 is 6.21. The Kier molecular flexibility index (Phi) is 6.34. The molecule has 1 amide bonds. The Bertz CT molecular complexity index is 631. The largest absolute Gasteiger partial charge is 0.497 e. The molecule has 1 N–H and O–H groups in total. The van der Waals surface area contributed by atoms with Crippen molar-refractivity contribution in [3.8, 4) is 5.75 Å². The Labute approximate surface area is 143 Å². The van der Waals surface area contributed by atoms with Crippen LogP contribution in [-0.4, -0.2) is 18.3 Å². The zero-order chi connectivity index (χ0) is 15.9. The van der Waals surface area contributed by atoms with Gasteiger partial charge < -0.3 is 10.1 Å². The fourth-order valence-electron chi connectivity index (χ4n) is 1.89. The lowest BCUT2D eigenvalue weighted by molar-refractivity contribution is -0.120. The Morgan fingerprint density at radius 1 is 1.27 bits per heavy atom. The second kappa shape index (κ2) is 8.25. The molecule has 0 aliphatic heterocycles. The standard InChI is InChI=1S/C17H18BrNO2S/c1-12(22-16-8-6-14(18)7-9-16)17(20)19-11-13-4-3-5-15(10-13)21-2/h3-10,12H,11H2,1-2H3,(H,19,20). The molecule has 3 nitrogen and oxygen atoms in total. The number of hydrogen-bond donors (Lipinski definition) is 1. The second-order valence-electron chi connectivity index (χ2n) is 4.78. The summed E-state index contributed by atoms with van der Waals surface area (Å²) in [6.07, 6.45) is 0. The van der Waals surface area contributed by atoms with Crippen molar-refractivity contribution in [1.29, 1.82) is 0 Å². The van der Waals surface area contributed by atoms with Gasteiger partial charge >= 0.3 is 0 Å². The number of rotatable bonds is 6. The minimum Gasteiger partial charge on any atom is -0.497 e. The van der Waals surface area contributed by atoms with Crippen molar-refractivity contribution in [2.45, 2.75) is 23.6 Å². The first-order valence-electron chi connectivity index (χ1n) is 6.91. The zero-order valence-corrected chi connectivity index (χ0v) is 14.9.